The molecule has 1 aliphatic heterocycles. The molecule has 1 saturated heterocycles. The molecule has 8 nitrogen and oxygen atoms in total. The molecule has 8 heteroatoms. The van der Waals surface area contributed by atoms with Crippen LogP contribution in [0.15, 0.2) is 47.4 Å². The monoisotopic (exact) mass is 436 g/mol. The van der Waals surface area contributed by atoms with Crippen LogP contribution in [0.2, 0.25) is 0 Å². The summed E-state index contributed by atoms with van der Waals surface area (Å²) in [5.41, 5.74) is 2.39. The molecule has 168 valence electrons. The first-order valence-electron chi connectivity index (χ1n) is 10.6. The van der Waals surface area contributed by atoms with Crippen molar-refractivity contribution >= 4 is 0 Å². The van der Waals surface area contributed by atoms with E-state index in [1.807, 2.05) is 30.3 Å². The fourth-order valence-electron chi connectivity index (χ4n) is 4.24. The smallest absolute Gasteiger partial charge is 0.251 e. The Kier molecular flexibility index (Phi) is 6.70. The summed E-state index contributed by atoms with van der Waals surface area (Å²) >= 11 is 0. The molecular weight excluding hydrogens is 408 g/mol. The van der Waals surface area contributed by atoms with E-state index in [2.05, 4.69) is 14.9 Å². The number of rotatable bonds is 7. The summed E-state index contributed by atoms with van der Waals surface area (Å²) in [7, 11) is 4.84. The molecule has 3 aromatic rings. The summed E-state index contributed by atoms with van der Waals surface area (Å²) in [4.78, 5) is 26.6. The molecule has 3 heterocycles. The fourth-order valence-corrected chi connectivity index (χ4v) is 4.24. The van der Waals surface area contributed by atoms with Gasteiger partial charge in [0.1, 0.15) is 5.69 Å². The van der Waals surface area contributed by atoms with Gasteiger partial charge in [-0.05, 0) is 49.2 Å². The number of H-pyrrole nitrogens is 1. The van der Waals surface area contributed by atoms with Crippen molar-refractivity contribution in [3.63, 3.8) is 0 Å². The molecule has 0 amide bonds. The first-order valence-corrected chi connectivity index (χ1v) is 10.6. The summed E-state index contributed by atoms with van der Waals surface area (Å²) in [5.74, 6) is 2.56. The largest absolute Gasteiger partial charge is 0.493 e. The van der Waals surface area contributed by atoms with Crippen LogP contribution >= 0.6 is 0 Å². The SMILES string of the molecule is COc1cc(CN2CCCC(c3cc(=O)[nH]c(-c4ccccn4)n3)C2)cc(OC)c1OC. The van der Waals surface area contributed by atoms with Crippen molar-refractivity contribution in [3.8, 4) is 28.8 Å². The number of methoxy groups -OCH3 is 3. The highest BCUT2D eigenvalue weighted by molar-refractivity contribution is 5.54. The number of ether oxygens (including phenoxy) is 3. The van der Waals surface area contributed by atoms with Gasteiger partial charge in [0.05, 0.1) is 27.0 Å². The minimum absolute atomic E-state index is 0.155. The van der Waals surface area contributed by atoms with Gasteiger partial charge in [-0.2, -0.15) is 0 Å². The molecule has 0 bridgehead atoms. The second-order valence-electron chi connectivity index (χ2n) is 7.84. The van der Waals surface area contributed by atoms with E-state index in [9.17, 15) is 4.79 Å². The Morgan fingerprint density at radius 3 is 2.53 bits per heavy atom. The molecule has 4 rings (SSSR count). The second-order valence-corrected chi connectivity index (χ2v) is 7.84. The number of nitrogens with one attached hydrogen (secondary N) is 1. The van der Waals surface area contributed by atoms with Gasteiger partial charge in [0, 0.05) is 31.3 Å². The third-order valence-electron chi connectivity index (χ3n) is 5.72. The first-order chi connectivity index (χ1) is 15.6. The van der Waals surface area contributed by atoms with E-state index in [0.717, 1.165) is 43.7 Å². The van der Waals surface area contributed by atoms with E-state index in [-0.39, 0.29) is 11.5 Å². The first kappa shape index (κ1) is 21.8. The van der Waals surface area contributed by atoms with E-state index in [4.69, 9.17) is 19.2 Å². The minimum atomic E-state index is -0.155. The van der Waals surface area contributed by atoms with Gasteiger partial charge in [-0.15, -0.1) is 0 Å². The zero-order valence-corrected chi connectivity index (χ0v) is 18.6. The Bertz CT molecular complexity index is 1090. The number of pyridine rings is 1. The average molecular weight is 437 g/mol. The van der Waals surface area contributed by atoms with Gasteiger partial charge in [0.2, 0.25) is 5.75 Å². The lowest BCUT2D eigenvalue weighted by Gasteiger charge is -2.32. The third kappa shape index (κ3) is 4.75. The third-order valence-corrected chi connectivity index (χ3v) is 5.72. The van der Waals surface area contributed by atoms with Crippen LogP contribution in [-0.4, -0.2) is 54.3 Å². The minimum Gasteiger partial charge on any atom is -0.493 e. The van der Waals surface area contributed by atoms with Gasteiger partial charge in [0.15, 0.2) is 17.3 Å². The number of piperidine rings is 1. The molecule has 1 unspecified atom stereocenters. The Hall–Kier alpha value is -3.39. The Morgan fingerprint density at radius 2 is 1.88 bits per heavy atom. The van der Waals surface area contributed by atoms with Crippen molar-refractivity contribution < 1.29 is 14.2 Å². The summed E-state index contributed by atoms with van der Waals surface area (Å²) in [6, 6.07) is 11.1. The maximum atomic E-state index is 12.3. The van der Waals surface area contributed by atoms with Crippen LogP contribution in [0.25, 0.3) is 11.5 Å². The van der Waals surface area contributed by atoms with Crippen molar-refractivity contribution in [2.45, 2.75) is 25.3 Å². The highest BCUT2D eigenvalue weighted by Crippen LogP contribution is 2.39. The van der Waals surface area contributed by atoms with Crippen LogP contribution in [0.1, 0.15) is 30.0 Å². The molecule has 0 aliphatic carbocycles. The molecule has 1 aliphatic rings. The van der Waals surface area contributed by atoms with Gasteiger partial charge < -0.3 is 19.2 Å². The molecule has 1 fully saturated rings. The second kappa shape index (κ2) is 9.82. The van der Waals surface area contributed by atoms with Crippen molar-refractivity contribution in [1.82, 2.24) is 19.9 Å². The molecule has 0 radical (unpaired) electrons. The van der Waals surface area contributed by atoms with E-state index in [0.29, 0.717) is 28.8 Å². The van der Waals surface area contributed by atoms with Gasteiger partial charge in [-0.1, -0.05) is 6.07 Å². The molecule has 32 heavy (non-hydrogen) atoms. The zero-order chi connectivity index (χ0) is 22.5. The van der Waals surface area contributed by atoms with Crippen molar-refractivity contribution in [3.05, 3.63) is 64.2 Å². The zero-order valence-electron chi connectivity index (χ0n) is 18.6. The molecule has 1 N–H and O–H groups in total. The highest BCUT2D eigenvalue weighted by Gasteiger charge is 2.24. The maximum Gasteiger partial charge on any atom is 0.251 e. The fraction of sp³-hybridized carbons (Fsp3) is 0.375. The van der Waals surface area contributed by atoms with Gasteiger partial charge >= 0.3 is 0 Å². The van der Waals surface area contributed by atoms with Crippen molar-refractivity contribution in [2.75, 3.05) is 34.4 Å². The van der Waals surface area contributed by atoms with Crippen LogP contribution in [0.5, 0.6) is 17.2 Å². The lowest BCUT2D eigenvalue weighted by molar-refractivity contribution is 0.198. The number of aromatic amines is 1. The standard InChI is InChI=1S/C24H28N4O4/c1-30-20-11-16(12-21(31-2)23(20)32-3)14-28-10-6-7-17(15-28)19-13-22(29)27-24(26-19)18-8-4-5-9-25-18/h4-5,8-9,11-13,17H,6-7,10,14-15H2,1-3H3,(H,26,27,29). The van der Waals surface area contributed by atoms with Gasteiger partial charge in [-0.3, -0.25) is 14.7 Å². The van der Waals surface area contributed by atoms with Crippen LogP contribution < -0.4 is 19.8 Å². The molecule has 0 spiro atoms. The van der Waals surface area contributed by atoms with Gasteiger partial charge in [-0.25, -0.2) is 4.98 Å². The number of hydrogen-bond donors (Lipinski definition) is 1. The maximum absolute atomic E-state index is 12.3. The number of aromatic nitrogens is 3. The van der Waals surface area contributed by atoms with Crippen molar-refractivity contribution in [2.24, 2.45) is 0 Å². The lowest BCUT2D eigenvalue weighted by atomic mass is 9.94. The van der Waals surface area contributed by atoms with E-state index in [1.165, 1.54) is 0 Å². The number of nitrogens with zero attached hydrogens (tertiary/aromatic N) is 3. The van der Waals surface area contributed by atoms with E-state index < -0.39 is 0 Å². The number of hydrogen-bond acceptors (Lipinski definition) is 7. The Morgan fingerprint density at radius 1 is 1.09 bits per heavy atom. The van der Waals surface area contributed by atoms with Crippen molar-refractivity contribution in [1.29, 1.82) is 0 Å². The predicted molar refractivity (Wildman–Crippen MR) is 121 cm³/mol. The number of benzene rings is 1. The molecular formula is C24H28N4O4. The predicted octanol–water partition coefficient (Wildman–Crippen LogP) is 3.24. The Labute approximate surface area is 187 Å². The molecule has 2 aromatic heterocycles. The lowest BCUT2D eigenvalue weighted by Crippen LogP contribution is -2.34. The number of likely N-dealkylation sites (tertiary alicyclic amines) is 1. The summed E-state index contributed by atoms with van der Waals surface area (Å²) in [6.45, 7) is 2.53. The summed E-state index contributed by atoms with van der Waals surface area (Å²) < 4.78 is 16.4. The van der Waals surface area contributed by atoms with Crippen LogP contribution in [-0.2, 0) is 6.54 Å². The van der Waals surface area contributed by atoms with Crippen LogP contribution in [0, 0.1) is 0 Å². The Balaban J connectivity index is 1.55. The topological polar surface area (TPSA) is 89.6 Å². The van der Waals surface area contributed by atoms with Crippen LogP contribution in [0.4, 0.5) is 0 Å². The summed E-state index contributed by atoms with van der Waals surface area (Å²) in [5, 5.41) is 0. The molecule has 1 aromatic carbocycles. The average Bonchev–Trinajstić information content (AvgIpc) is 2.83. The quantitative estimate of drug-likeness (QED) is 0.608. The van der Waals surface area contributed by atoms with Crippen LogP contribution in [0.3, 0.4) is 0 Å². The normalized spacial score (nSPS) is 16.5. The molecule has 0 saturated carbocycles. The summed E-state index contributed by atoms with van der Waals surface area (Å²) in [6.07, 6.45) is 3.72. The van der Waals surface area contributed by atoms with E-state index >= 15 is 0 Å². The van der Waals surface area contributed by atoms with E-state index in [1.54, 1.807) is 33.6 Å². The van der Waals surface area contributed by atoms with Gasteiger partial charge in [0.25, 0.3) is 5.56 Å². The highest BCUT2D eigenvalue weighted by atomic mass is 16.5. The molecule has 1 atom stereocenters.